The van der Waals surface area contributed by atoms with Gasteiger partial charge in [-0.15, -0.1) is 0 Å². The summed E-state index contributed by atoms with van der Waals surface area (Å²) in [7, 11) is 1.53. The lowest BCUT2D eigenvalue weighted by Crippen LogP contribution is -2.11. The molecule has 0 aromatic heterocycles. The summed E-state index contributed by atoms with van der Waals surface area (Å²) in [6.45, 7) is 1.29. The van der Waals surface area contributed by atoms with Gasteiger partial charge in [0.1, 0.15) is 6.07 Å². The minimum atomic E-state index is -0.327. The van der Waals surface area contributed by atoms with E-state index in [-0.39, 0.29) is 11.5 Å². The third kappa shape index (κ3) is 2.44. The summed E-state index contributed by atoms with van der Waals surface area (Å²) in [6, 6.07) is 1.64. The smallest absolute Gasteiger partial charge is 0.202 e. The second kappa shape index (κ2) is 3.61. The standard InChI is InChI=1S/C5H7N3O/c1-4(9)5(3-6)8-7-2/h7H,1-2H3/b8-5+. The molecule has 0 unspecified atom stereocenters. The van der Waals surface area contributed by atoms with E-state index in [4.69, 9.17) is 5.26 Å². The van der Waals surface area contributed by atoms with Gasteiger partial charge in [-0.1, -0.05) is 0 Å². The Kier molecular flexibility index (Phi) is 3.06. The lowest BCUT2D eigenvalue weighted by atomic mass is 10.3. The minimum absolute atomic E-state index is 0.0995. The molecule has 9 heavy (non-hydrogen) atoms. The molecule has 0 spiro atoms. The van der Waals surface area contributed by atoms with Crippen LogP contribution in [-0.4, -0.2) is 18.5 Å². The van der Waals surface area contributed by atoms with Crippen LogP contribution in [0.2, 0.25) is 0 Å². The number of nitrogens with zero attached hydrogens (tertiary/aromatic N) is 2. The van der Waals surface area contributed by atoms with E-state index in [0.717, 1.165) is 0 Å². The van der Waals surface area contributed by atoms with E-state index in [2.05, 4.69) is 10.5 Å². The maximum atomic E-state index is 10.4. The largest absolute Gasteiger partial charge is 0.312 e. The monoisotopic (exact) mass is 125 g/mol. The lowest BCUT2D eigenvalue weighted by Gasteiger charge is -1.87. The quantitative estimate of drug-likeness (QED) is 0.406. The zero-order chi connectivity index (χ0) is 7.28. The highest BCUT2D eigenvalue weighted by Gasteiger charge is 2.01. The molecule has 0 saturated carbocycles. The Hall–Kier alpha value is -1.37. The number of rotatable bonds is 2. The molecule has 0 amide bonds. The first-order valence-corrected chi connectivity index (χ1v) is 2.37. The van der Waals surface area contributed by atoms with Gasteiger partial charge in [-0.25, -0.2) is 0 Å². The highest BCUT2D eigenvalue weighted by molar-refractivity contribution is 6.45. The van der Waals surface area contributed by atoms with E-state index in [1.807, 2.05) is 0 Å². The van der Waals surface area contributed by atoms with E-state index in [0.29, 0.717) is 0 Å². The molecule has 0 radical (unpaired) electrons. The van der Waals surface area contributed by atoms with Crippen molar-refractivity contribution in [2.75, 3.05) is 7.05 Å². The van der Waals surface area contributed by atoms with Crippen LogP contribution in [0.25, 0.3) is 0 Å². The number of carbonyl (C=O) groups excluding carboxylic acids is 1. The van der Waals surface area contributed by atoms with Crippen molar-refractivity contribution in [2.24, 2.45) is 5.10 Å². The first-order chi connectivity index (χ1) is 4.22. The van der Waals surface area contributed by atoms with Crippen LogP contribution in [0.1, 0.15) is 6.92 Å². The Bertz CT molecular complexity index is 177. The number of nitrogens with one attached hydrogen (secondary N) is 1. The molecule has 0 aliphatic heterocycles. The van der Waals surface area contributed by atoms with Gasteiger partial charge in [-0.2, -0.15) is 10.4 Å². The number of nitriles is 1. The molecule has 48 valence electrons. The van der Waals surface area contributed by atoms with Gasteiger partial charge in [0.25, 0.3) is 0 Å². The first kappa shape index (κ1) is 7.63. The molecule has 0 heterocycles. The summed E-state index contributed by atoms with van der Waals surface area (Å²) >= 11 is 0. The normalized spacial score (nSPS) is 10.1. The first-order valence-electron chi connectivity index (χ1n) is 2.37. The predicted molar refractivity (Wildman–Crippen MR) is 32.8 cm³/mol. The van der Waals surface area contributed by atoms with Crippen molar-refractivity contribution >= 4 is 11.5 Å². The van der Waals surface area contributed by atoms with E-state index in [1.54, 1.807) is 6.07 Å². The van der Waals surface area contributed by atoms with Gasteiger partial charge < -0.3 is 5.43 Å². The SMILES string of the molecule is CN/N=C(\C#N)C(C)=O. The number of hydrazone groups is 1. The summed E-state index contributed by atoms with van der Waals surface area (Å²) < 4.78 is 0. The van der Waals surface area contributed by atoms with E-state index < -0.39 is 0 Å². The van der Waals surface area contributed by atoms with Crippen LogP contribution in [0.3, 0.4) is 0 Å². The molecule has 0 saturated heterocycles. The molecule has 0 aromatic rings. The third-order valence-corrected chi connectivity index (χ3v) is 0.663. The number of hydrogen-bond donors (Lipinski definition) is 1. The maximum absolute atomic E-state index is 10.4. The van der Waals surface area contributed by atoms with Gasteiger partial charge in [0.2, 0.25) is 5.71 Å². The number of hydrogen-bond acceptors (Lipinski definition) is 4. The third-order valence-electron chi connectivity index (χ3n) is 0.663. The fourth-order valence-electron chi connectivity index (χ4n) is 0.294. The van der Waals surface area contributed by atoms with Crippen LogP contribution in [0, 0.1) is 11.3 Å². The molecule has 0 fully saturated rings. The van der Waals surface area contributed by atoms with Crippen molar-refractivity contribution in [3.63, 3.8) is 0 Å². The molecule has 1 N–H and O–H groups in total. The van der Waals surface area contributed by atoms with Gasteiger partial charge in [0.05, 0.1) is 0 Å². The van der Waals surface area contributed by atoms with Crippen molar-refractivity contribution < 1.29 is 4.79 Å². The van der Waals surface area contributed by atoms with Crippen LogP contribution in [0.4, 0.5) is 0 Å². The molecule has 0 atom stereocenters. The Labute approximate surface area is 53.2 Å². The molecular formula is C5H7N3O. The van der Waals surface area contributed by atoms with Gasteiger partial charge in [0.15, 0.2) is 5.78 Å². The topological polar surface area (TPSA) is 65.2 Å². The van der Waals surface area contributed by atoms with Crippen molar-refractivity contribution in [1.29, 1.82) is 5.26 Å². The van der Waals surface area contributed by atoms with Crippen molar-refractivity contribution in [2.45, 2.75) is 6.92 Å². The molecule has 0 bridgehead atoms. The van der Waals surface area contributed by atoms with Gasteiger partial charge in [-0.05, 0) is 0 Å². The van der Waals surface area contributed by atoms with Crippen LogP contribution < -0.4 is 5.43 Å². The zero-order valence-electron chi connectivity index (χ0n) is 5.30. The second-order valence-corrected chi connectivity index (χ2v) is 1.35. The highest BCUT2D eigenvalue weighted by Crippen LogP contribution is 1.74. The summed E-state index contributed by atoms with van der Waals surface area (Å²) in [5.41, 5.74) is 2.25. The molecule has 0 rings (SSSR count). The summed E-state index contributed by atoms with van der Waals surface area (Å²) in [5, 5.41) is 11.6. The zero-order valence-corrected chi connectivity index (χ0v) is 5.30. The summed E-state index contributed by atoms with van der Waals surface area (Å²) in [6.07, 6.45) is 0. The maximum Gasteiger partial charge on any atom is 0.202 e. The number of Topliss-reactive ketones (excluding diaryl/α,β-unsaturated/α-hetero) is 1. The van der Waals surface area contributed by atoms with E-state index >= 15 is 0 Å². The number of ketones is 1. The summed E-state index contributed by atoms with van der Waals surface area (Å²) in [5.74, 6) is -0.327. The summed E-state index contributed by atoms with van der Waals surface area (Å²) in [4.78, 5) is 10.4. The predicted octanol–water partition coefficient (Wildman–Crippen LogP) is -0.326. The molecule has 0 aromatic carbocycles. The Morgan fingerprint density at radius 2 is 2.33 bits per heavy atom. The Morgan fingerprint density at radius 1 is 1.78 bits per heavy atom. The fraction of sp³-hybridized carbons (Fsp3) is 0.400. The lowest BCUT2D eigenvalue weighted by molar-refractivity contribution is -0.111. The average Bonchev–Trinajstić information content (AvgIpc) is 1.82. The van der Waals surface area contributed by atoms with Crippen molar-refractivity contribution in [3.8, 4) is 6.07 Å². The van der Waals surface area contributed by atoms with E-state index in [1.165, 1.54) is 14.0 Å². The van der Waals surface area contributed by atoms with Crippen LogP contribution in [0.15, 0.2) is 5.10 Å². The fourth-order valence-corrected chi connectivity index (χ4v) is 0.294. The molecule has 4 nitrogen and oxygen atoms in total. The van der Waals surface area contributed by atoms with E-state index in [9.17, 15) is 4.79 Å². The molecule has 0 aliphatic rings. The minimum Gasteiger partial charge on any atom is -0.312 e. The molecule has 0 aliphatic carbocycles. The molecule has 4 heteroatoms. The van der Waals surface area contributed by atoms with Crippen LogP contribution >= 0.6 is 0 Å². The number of carbonyl (C=O) groups is 1. The van der Waals surface area contributed by atoms with Crippen molar-refractivity contribution in [1.82, 2.24) is 5.43 Å². The highest BCUT2D eigenvalue weighted by atomic mass is 16.1. The second-order valence-electron chi connectivity index (χ2n) is 1.35. The van der Waals surface area contributed by atoms with Gasteiger partial charge in [0, 0.05) is 14.0 Å². The van der Waals surface area contributed by atoms with Crippen LogP contribution in [-0.2, 0) is 4.79 Å². The molecular weight excluding hydrogens is 118 g/mol. The van der Waals surface area contributed by atoms with Crippen molar-refractivity contribution in [3.05, 3.63) is 0 Å². The van der Waals surface area contributed by atoms with Crippen LogP contribution in [0.5, 0.6) is 0 Å². The average molecular weight is 125 g/mol. The van der Waals surface area contributed by atoms with Gasteiger partial charge in [-0.3, -0.25) is 4.79 Å². The Morgan fingerprint density at radius 3 is 2.44 bits per heavy atom. The Balaban J connectivity index is 4.20. The van der Waals surface area contributed by atoms with Gasteiger partial charge >= 0.3 is 0 Å².